The number of benzene rings is 1. The quantitative estimate of drug-likeness (QED) is 0.821. The number of hydrogen-bond donors (Lipinski definition) is 2. The summed E-state index contributed by atoms with van der Waals surface area (Å²) in [5.41, 5.74) is 2.34. The van der Waals surface area contributed by atoms with E-state index in [1.54, 1.807) is 6.92 Å². The molecule has 0 bridgehead atoms. The molecule has 1 unspecified atom stereocenters. The van der Waals surface area contributed by atoms with E-state index in [1.807, 2.05) is 39.8 Å². The standard InChI is InChI=1S/C16H24N2O2S/c1-10(2)9-17-16(20)18-15(19)13(5)21-14-7-6-11(3)8-12(14)4/h6-8,10,13H,9H2,1-5H3,(H2,17,18,19,20). The van der Waals surface area contributed by atoms with Crippen molar-refractivity contribution in [2.75, 3.05) is 6.54 Å². The lowest BCUT2D eigenvalue weighted by atomic mass is 10.2. The third-order valence-corrected chi connectivity index (χ3v) is 4.19. The smallest absolute Gasteiger partial charge is 0.321 e. The van der Waals surface area contributed by atoms with E-state index in [1.165, 1.54) is 17.3 Å². The van der Waals surface area contributed by atoms with Crippen molar-refractivity contribution >= 4 is 23.7 Å². The van der Waals surface area contributed by atoms with Gasteiger partial charge in [-0.05, 0) is 38.3 Å². The van der Waals surface area contributed by atoms with Gasteiger partial charge in [-0.1, -0.05) is 31.5 Å². The van der Waals surface area contributed by atoms with Gasteiger partial charge >= 0.3 is 6.03 Å². The van der Waals surface area contributed by atoms with Gasteiger partial charge < -0.3 is 5.32 Å². The number of nitrogens with one attached hydrogen (secondary N) is 2. The molecule has 5 heteroatoms. The molecule has 4 nitrogen and oxygen atoms in total. The lowest BCUT2D eigenvalue weighted by Gasteiger charge is -2.14. The maximum absolute atomic E-state index is 12.0. The van der Waals surface area contributed by atoms with Crippen LogP contribution in [0.3, 0.4) is 0 Å². The van der Waals surface area contributed by atoms with Crippen LogP contribution in [-0.2, 0) is 4.79 Å². The molecular weight excluding hydrogens is 284 g/mol. The maximum atomic E-state index is 12.0. The number of hydrogen-bond acceptors (Lipinski definition) is 3. The van der Waals surface area contributed by atoms with Crippen molar-refractivity contribution in [3.05, 3.63) is 29.3 Å². The fourth-order valence-electron chi connectivity index (χ4n) is 1.73. The molecule has 1 atom stereocenters. The molecule has 0 saturated carbocycles. The van der Waals surface area contributed by atoms with E-state index >= 15 is 0 Å². The van der Waals surface area contributed by atoms with Gasteiger partial charge in [-0.25, -0.2) is 4.79 Å². The van der Waals surface area contributed by atoms with Gasteiger partial charge in [-0.3, -0.25) is 10.1 Å². The van der Waals surface area contributed by atoms with Gasteiger partial charge in [0.2, 0.25) is 5.91 Å². The number of carbonyl (C=O) groups excluding carboxylic acids is 2. The van der Waals surface area contributed by atoms with E-state index < -0.39 is 6.03 Å². The molecule has 1 rings (SSSR count). The Morgan fingerprint density at radius 1 is 1.19 bits per heavy atom. The van der Waals surface area contributed by atoms with Crippen LogP contribution in [0.1, 0.15) is 31.9 Å². The van der Waals surface area contributed by atoms with Crippen molar-refractivity contribution in [3.8, 4) is 0 Å². The minimum Gasteiger partial charge on any atom is -0.338 e. The first-order valence-electron chi connectivity index (χ1n) is 7.12. The average molecular weight is 308 g/mol. The first-order valence-corrected chi connectivity index (χ1v) is 8.00. The van der Waals surface area contributed by atoms with Crippen LogP contribution in [0, 0.1) is 19.8 Å². The van der Waals surface area contributed by atoms with Crippen LogP contribution >= 0.6 is 11.8 Å². The van der Waals surface area contributed by atoms with Crippen molar-refractivity contribution in [2.45, 2.75) is 44.8 Å². The molecule has 0 aliphatic rings. The first kappa shape index (κ1) is 17.6. The Morgan fingerprint density at radius 2 is 1.86 bits per heavy atom. The molecule has 2 N–H and O–H groups in total. The normalized spacial score (nSPS) is 12.1. The van der Waals surface area contributed by atoms with E-state index in [0.29, 0.717) is 12.5 Å². The van der Waals surface area contributed by atoms with Gasteiger partial charge in [-0.15, -0.1) is 11.8 Å². The number of urea groups is 1. The Balaban J connectivity index is 2.52. The molecule has 0 saturated heterocycles. The Hall–Kier alpha value is -1.49. The third-order valence-electron chi connectivity index (χ3n) is 2.91. The highest BCUT2D eigenvalue weighted by molar-refractivity contribution is 8.00. The molecule has 0 aliphatic heterocycles. The predicted molar refractivity (Wildman–Crippen MR) is 87.6 cm³/mol. The zero-order valence-corrected chi connectivity index (χ0v) is 14.1. The lowest BCUT2D eigenvalue weighted by Crippen LogP contribution is -2.43. The third kappa shape index (κ3) is 6.21. The average Bonchev–Trinajstić information content (AvgIpc) is 2.39. The number of imide groups is 1. The molecule has 0 spiro atoms. The molecule has 0 heterocycles. The highest BCUT2D eigenvalue weighted by Gasteiger charge is 2.17. The molecule has 0 fully saturated rings. The van der Waals surface area contributed by atoms with Crippen molar-refractivity contribution in [1.29, 1.82) is 0 Å². The zero-order chi connectivity index (χ0) is 16.0. The topological polar surface area (TPSA) is 58.2 Å². The molecule has 1 aromatic rings. The van der Waals surface area contributed by atoms with Gasteiger partial charge in [0, 0.05) is 11.4 Å². The van der Waals surface area contributed by atoms with Crippen molar-refractivity contribution in [2.24, 2.45) is 5.92 Å². The monoisotopic (exact) mass is 308 g/mol. The number of thioether (sulfide) groups is 1. The summed E-state index contributed by atoms with van der Waals surface area (Å²) in [5, 5.41) is 4.72. The fourth-order valence-corrected chi connectivity index (χ4v) is 2.67. The minimum atomic E-state index is -0.429. The van der Waals surface area contributed by atoms with Gasteiger partial charge in [0.15, 0.2) is 0 Å². The number of rotatable bonds is 5. The van der Waals surface area contributed by atoms with Gasteiger partial charge in [0.25, 0.3) is 0 Å². The highest BCUT2D eigenvalue weighted by atomic mass is 32.2. The summed E-state index contributed by atoms with van der Waals surface area (Å²) in [4.78, 5) is 24.6. The van der Waals surface area contributed by atoms with Crippen LogP contribution in [0.25, 0.3) is 0 Å². The maximum Gasteiger partial charge on any atom is 0.321 e. The second-order valence-corrected chi connectivity index (χ2v) is 7.00. The molecule has 0 aliphatic carbocycles. The molecule has 3 amide bonds. The van der Waals surface area contributed by atoms with E-state index in [2.05, 4.69) is 16.7 Å². The molecule has 116 valence electrons. The highest BCUT2D eigenvalue weighted by Crippen LogP contribution is 2.27. The molecule has 1 aromatic carbocycles. The lowest BCUT2D eigenvalue weighted by molar-refractivity contribution is -0.119. The van der Waals surface area contributed by atoms with E-state index in [9.17, 15) is 9.59 Å². The summed E-state index contributed by atoms with van der Waals surface area (Å²) < 4.78 is 0. The summed E-state index contributed by atoms with van der Waals surface area (Å²) in [5.74, 6) is 0.0779. The summed E-state index contributed by atoms with van der Waals surface area (Å²) in [6, 6.07) is 5.69. The largest absolute Gasteiger partial charge is 0.338 e. The minimum absolute atomic E-state index is 0.277. The van der Waals surface area contributed by atoms with Crippen molar-refractivity contribution in [3.63, 3.8) is 0 Å². The molecule has 0 radical (unpaired) electrons. The number of aryl methyl sites for hydroxylation is 2. The molecule has 21 heavy (non-hydrogen) atoms. The fraction of sp³-hybridized carbons (Fsp3) is 0.500. The van der Waals surface area contributed by atoms with Gasteiger partial charge in [0.05, 0.1) is 5.25 Å². The Bertz CT molecular complexity index is 515. The predicted octanol–water partition coefficient (Wildman–Crippen LogP) is 3.27. The van der Waals surface area contributed by atoms with Crippen molar-refractivity contribution < 1.29 is 9.59 Å². The second-order valence-electron chi connectivity index (χ2n) is 5.62. The Morgan fingerprint density at radius 3 is 2.43 bits per heavy atom. The Kier molecular flexibility index (Phi) is 6.75. The van der Waals surface area contributed by atoms with E-state index in [4.69, 9.17) is 0 Å². The Labute approximate surface area is 131 Å². The van der Waals surface area contributed by atoms with Crippen LogP contribution in [0.2, 0.25) is 0 Å². The van der Waals surface area contributed by atoms with Crippen LogP contribution in [-0.4, -0.2) is 23.7 Å². The molecule has 0 aromatic heterocycles. The molecular formula is C16H24N2O2S. The van der Waals surface area contributed by atoms with Crippen LogP contribution in [0.15, 0.2) is 23.1 Å². The van der Waals surface area contributed by atoms with Gasteiger partial charge in [-0.2, -0.15) is 0 Å². The number of carbonyl (C=O) groups is 2. The first-order chi connectivity index (χ1) is 9.79. The number of amides is 3. The summed E-state index contributed by atoms with van der Waals surface area (Å²) >= 11 is 1.46. The summed E-state index contributed by atoms with van der Waals surface area (Å²) in [7, 11) is 0. The van der Waals surface area contributed by atoms with E-state index in [-0.39, 0.29) is 11.2 Å². The van der Waals surface area contributed by atoms with Crippen LogP contribution in [0.4, 0.5) is 4.79 Å². The van der Waals surface area contributed by atoms with Crippen LogP contribution in [0.5, 0.6) is 0 Å². The SMILES string of the molecule is Cc1ccc(SC(C)C(=O)NC(=O)NCC(C)C)c(C)c1. The zero-order valence-electron chi connectivity index (χ0n) is 13.3. The summed E-state index contributed by atoms with van der Waals surface area (Å²) in [6.45, 7) is 10.4. The van der Waals surface area contributed by atoms with Gasteiger partial charge in [0.1, 0.15) is 0 Å². The van der Waals surface area contributed by atoms with Crippen molar-refractivity contribution in [1.82, 2.24) is 10.6 Å². The summed E-state index contributed by atoms with van der Waals surface area (Å²) in [6.07, 6.45) is 0. The van der Waals surface area contributed by atoms with E-state index in [0.717, 1.165) is 10.5 Å². The van der Waals surface area contributed by atoms with Crippen LogP contribution < -0.4 is 10.6 Å². The second kappa shape index (κ2) is 8.08.